The minimum atomic E-state index is -0.382. The van der Waals surface area contributed by atoms with Gasteiger partial charge in [-0.2, -0.15) is 0 Å². The van der Waals surface area contributed by atoms with Gasteiger partial charge in [-0.1, -0.05) is 31.7 Å². The molecule has 1 fully saturated rings. The summed E-state index contributed by atoms with van der Waals surface area (Å²) in [5.41, 5.74) is 2.64. The van der Waals surface area contributed by atoms with E-state index < -0.39 is 0 Å². The van der Waals surface area contributed by atoms with Crippen LogP contribution in [0.2, 0.25) is 0 Å². The predicted octanol–water partition coefficient (Wildman–Crippen LogP) is 3.35. The zero-order valence-electron chi connectivity index (χ0n) is 11.9. The van der Waals surface area contributed by atoms with E-state index in [-0.39, 0.29) is 5.76 Å². The second kappa shape index (κ2) is 5.83. The van der Waals surface area contributed by atoms with Gasteiger partial charge in [0.15, 0.2) is 5.58 Å². The Morgan fingerprint density at radius 1 is 1.25 bits per heavy atom. The molecule has 1 saturated carbocycles. The van der Waals surface area contributed by atoms with Crippen molar-refractivity contribution in [1.29, 1.82) is 0 Å². The lowest BCUT2D eigenvalue weighted by Crippen LogP contribution is -2.25. The van der Waals surface area contributed by atoms with Gasteiger partial charge in [0, 0.05) is 6.04 Å². The molecule has 0 radical (unpaired) electrons. The lowest BCUT2D eigenvalue weighted by molar-refractivity contribution is 0.341. The van der Waals surface area contributed by atoms with Crippen molar-refractivity contribution in [2.24, 2.45) is 5.92 Å². The standard InChI is InChI=1S/C16H22N2O2/c1-17-15(11-6-4-2-3-5-7-11)12-8-9-13-14(10-12)20-16(19)18-13/h8-11,15,17H,2-7H2,1H3,(H,18,19). The van der Waals surface area contributed by atoms with Crippen LogP contribution in [0.5, 0.6) is 0 Å². The number of hydrogen-bond acceptors (Lipinski definition) is 3. The second-order valence-corrected chi connectivity index (χ2v) is 5.79. The highest BCUT2D eigenvalue weighted by Crippen LogP contribution is 2.34. The van der Waals surface area contributed by atoms with Gasteiger partial charge in [0.05, 0.1) is 5.52 Å². The quantitative estimate of drug-likeness (QED) is 0.844. The van der Waals surface area contributed by atoms with Gasteiger partial charge >= 0.3 is 5.76 Å². The molecule has 2 N–H and O–H groups in total. The molecule has 0 aliphatic heterocycles. The zero-order chi connectivity index (χ0) is 13.9. The summed E-state index contributed by atoms with van der Waals surface area (Å²) in [6, 6.07) is 6.38. The Kier molecular flexibility index (Phi) is 3.92. The molecule has 4 heteroatoms. The predicted molar refractivity (Wildman–Crippen MR) is 79.8 cm³/mol. The highest BCUT2D eigenvalue weighted by atomic mass is 16.4. The lowest BCUT2D eigenvalue weighted by atomic mass is 9.87. The van der Waals surface area contributed by atoms with Crippen LogP contribution in [0.1, 0.15) is 50.1 Å². The third kappa shape index (κ3) is 2.66. The maximum atomic E-state index is 11.2. The van der Waals surface area contributed by atoms with Crippen LogP contribution in [0.3, 0.4) is 0 Å². The minimum absolute atomic E-state index is 0.345. The van der Waals surface area contributed by atoms with E-state index in [1.807, 2.05) is 19.2 Å². The van der Waals surface area contributed by atoms with E-state index in [4.69, 9.17) is 4.42 Å². The summed E-state index contributed by atoms with van der Waals surface area (Å²) >= 11 is 0. The van der Waals surface area contributed by atoms with E-state index >= 15 is 0 Å². The van der Waals surface area contributed by atoms with E-state index in [1.165, 1.54) is 44.1 Å². The third-order valence-corrected chi connectivity index (χ3v) is 4.49. The molecule has 0 bridgehead atoms. The van der Waals surface area contributed by atoms with Crippen molar-refractivity contribution in [3.63, 3.8) is 0 Å². The smallest absolute Gasteiger partial charge is 0.408 e. The Labute approximate surface area is 118 Å². The number of nitrogens with one attached hydrogen (secondary N) is 2. The first-order valence-corrected chi connectivity index (χ1v) is 7.58. The number of aromatic amines is 1. The number of hydrogen-bond donors (Lipinski definition) is 2. The van der Waals surface area contributed by atoms with Crippen LogP contribution in [-0.2, 0) is 0 Å². The monoisotopic (exact) mass is 274 g/mol. The van der Waals surface area contributed by atoms with Gasteiger partial charge in [-0.25, -0.2) is 4.79 Å². The molecule has 0 saturated heterocycles. The Hall–Kier alpha value is -1.55. The molecule has 1 atom stereocenters. The summed E-state index contributed by atoms with van der Waals surface area (Å²) in [7, 11) is 2.02. The maximum absolute atomic E-state index is 11.2. The van der Waals surface area contributed by atoms with Crippen molar-refractivity contribution in [3.05, 3.63) is 34.3 Å². The first-order chi connectivity index (χ1) is 9.78. The summed E-state index contributed by atoms with van der Waals surface area (Å²) in [6.07, 6.45) is 7.92. The number of rotatable bonds is 3. The summed E-state index contributed by atoms with van der Waals surface area (Å²) < 4.78 is 5.18. The molecule has 0 spiro atoms. The fourth-order valence-electron chi connectivity index (χ4n) is 3.47. The number of oxazole rings is 1. The zero-order valence-corrected chi connectivity index (χ0v) is 11.9. The van der Waals surface area contributed by atoms with Crippen LogP contribution in [0.15, 0.2) is 27.4 Å². The van der Waals surface area contributed by atoms with Crippen LogP contribution in [0.4, 0.5) is 0 Å². The molecule has 1 aromatic carbocycles. The van der Waals surface area contributed by atoms with E-state index in [2.05, 4.69) is 16.4 Å². The number of H-pyrrole nitrogens is 1. The molecular weight excluding hydrogens is 252 g/mol. The lowest BCUT2D eigenvalue weighted by Gasteiger charge is -2.26. The van der Waals surface area contributed by atoms with Gasteiger partial charge in [0.25, 0.3) is 0 Å². The highest BCUT2D eigenvalue weighted by molar-refractivity contribution is 5.72. The largest absolute Gasteiger partial charge is 0.417 e. The first-order valence-electron chi connectivity index (χ1n) is 7.58. The molecule has 20 heavy (non-hydrogen) atoms. The summed E-state index contributed by atoms with van der Waals surface area (Å²) in [5, 5.41) is 3.46. The Morgan fingerprint density at radius 3 is 2.70 bits per heavy atom. The molecule has 1 aliphatic rings. The topological polar surface area (TPSA) is 58.0 Å². The molecule has 108 valence electrons. The average Bonchev–Trinajstić information content (AvgIpc) is 2.63. The Bertz CT molecular complexity index is 621. The van der Waals surface area contributed by atoms with E-state index in [1.54, 1.807) is 0 Å². The highest BCUT2D eigenvalue weighted by Gasteiger charge is 2.23. The number of benzene rings is 1. The van der Waals surface area contributed by atoms with Crippen LogP contribution < -0.4 is 11.1 Å². The van der Waals surface area contributed by atoms with E-state index in [0.717, 1.165) is 5.52 Å². The van der Waals surface area contributed by atoms with E-state index in [9.17, 15) is 4.79 Å². The van der Waals surface area contributed by atoms with Crippen molar-refractivity contribution < 1.29 is 4.42 Å². The summed E-state index contributed by atoms with van der Waals surface area (Å²) in [4.78, 5) is 13.9. The van der Waals surface area contributed by atoms with Crippen molar-refractivity contribution in [2.75, 3.05) is 7.05 Å². The third-order valence-electron chi connectivity index (χ3n) is 4.49. The molecule has 0 amide bonds. The van der Waals surface area contributed by atoms with Gasteiger partial charge in [0.1, 0.15) is 0 Å². The number of fused-ring (bicyclic) bond motifs is 1. The summed E-state index contributed by atoms with van der Waals surface area (Å²) in [5.74, 6) is 0.290. The van der Waals surface area contributed by atoms with Crippen LogP contribution >= 0.6 is 0 Å². The molecule has 4 nitrogen and oxygen atoms in total. The van der Waals surface area contributed by atoms with Crippen molar-refractivity contribution in [3.8, 4) is 0 Å². The Morgan fingerprint density at radius 2 is 2.00 bits per heavy atom. The van der Waals surface area contributed by atoms with Gasteiger partial charge < -0.3 is 9.73 Å². The van der Waals surface area contributed by atoms with Crippen LogP contribution in [0, 0.1) is 5.92 Å². The number of aromatic nitrogens is 1. The normalized spacial score (nSPS) is 19.1. The van der Waals surface area contributed by atoms with Crippen LogP contribution in [-0.4, -0.2) is 12.0 Å². The minimum Gasteiger partial charge on any atom is -0.408 e. The second-order valence-electron chi connectivity index (χ2n) is 5.79. The van der Waals surface area contributed by atoms with Gasteiger partial charge in [-0.15, -0.1) is 0 Å². The van der Waals surface area contributed by atoms with Crippen molar-refractivity contribution in [2.45, 2.75) is 44.6 Å². The molecule has 1 aliphatic carbocycles. The molecule has 1 heterocycles. The molecule has 3 rings (SSSR count). The molecular formula is C16H22N2O2. The molecule has 1 aromatic heterocycles. The SMILES string of the molecule is CNC(c1ccc2[nH]c(=O)oc2c1)C1CCCCCC1. The molecule has 1 unspecified atom stereocenters. The first kappa shape index (κ1) is 13.4. The van der Waals surface area contributed by atoms with Crippen molar-refractivity contribution >= 4 is 11.1 Å². The van der Waals surface area contributed by atoms with Gasteiger partial charge in [-0.3, -0.25) is 4.98 Å². The summed E-state index contributed by atoms with van der Waals surface area (Å²) in [6.45, 7) is 0. The van der Waals surface area contributed by atoms with Gasteiger partial charge in [-0.05, 0) is 43.5 Å². The van der Waals surface area contributed by atoms with Crippen LogP contribution in [0.25, 0.3) is 11.1 Å². The average molecular weight is 274 g/mol. The molecule has 2 aromatic rings. The van der Waals surface area contributed by atoms with Gasteiger partial charge in [0.2, 0.25) is 0 Å². The fraction of sp³-hybridized carbons (Fsp3) is 0.562. The Balaban J connectivity index is 1.90. The fourth-order valence-corrected chi connectivity index (χ4v) is 3.47. The van der Waals surface area contributed by atoms with Crippen molar-refractivity contribution in [1.82, 2.24) is 10.3 Å². The van der Waals surface area contributed by atoms with E-state index in [0.29, 0.717) is 17.5 Å². The maximum Gasteiger partial charge on any atom is 0.417 e.